The third-order valence-electron chi connectivity index (χ3n) is 10.0. The maximum absolute atomic E-state index is 14.2. The number of pyridine rings is 2. The van der Waals surface area contributed by atoms with E-state index in [1.807, 2.05) is 52.0 Å². The number of rotatable bonds is 14. The zero-order valence-electron chi connectivity index (χ0n) is 30.3. The molecule has 3 amide bonds. The van der Waals surface area contributed by atoms with E-state index >= 15 is 0 Å². The van der Waals surface area contributed by atoms with E-state index in [4.69, 9.17) is 14.2 Å². The largest absolute Gasteiger partial charge is 0.497 e. The average Bonchev–Trinajstić information content (AvgIpc) is 4.02. The SMILES string of the molecule is C=C[C@@H]1C[C@@]1(C(=O)NS(=O)(=O)C1CC1)N1C[C@H](Oc2nc(OC)cc3cc(OC)ccc23)C[C@H]1C(=O)NC(=O)C(Nc1cc(C)cc(C)n1)C(C)C. The monoisotopic (exact) mass is 734 g/mol. The van der Waals surface area contributed by atoms with Crippen LogP contribution in [-0.4, -0.2) is 90.7 Å². The Morgan fingerprint density at radius 2 is 1.81 bits per heavy atom. The molecule has 1 aliphatic heterocycles. The Hall–Kier alpha value is -4.76. The maximum Gasteiger partial charge on any atom is 0.254 e. The van der Waals surface area contributed by atoms with Gasteiger partial charge in [0.15, 0.2) is 0 Å². The first-order valence-corrected chi connectivity index (χ1v) is 18.9. The molecular weight excluding hydrogens is 689 g/mol. The molecule has 5 atom stereocenters. The number of fused-ring (bicyclic) bond motifs is 1. The number of amides is 3. The number of ether oxygens (including phenoxy) is 3. The van der Waals surface area contributed by atoms with Gasteiger partial charge in [0, 0.05) is 36.0 Å². The van der Waals surface area contributed by atoms with Crippen molar-refractivity contribution < 1.29 is 37.0 Å². The predicted molar refractivity (Wildman–Crippen MR) is 195 cm³/mol. The molecule has 15 heteroatoms. The molecule has 1 unspecified atom stereocenters. The normalized spacial score (nSPS) is 23.5. The minimum atomic E-state index is -3.90. The van der Waals surface area contributed by atoms with Gasteiger partial charge in [0.2, 0.25) is 33.6 Å². The van der Waals surface area contributed by atoms with E-state index in [-0.39, 0.29) is 31.2 Å². The second-order valence-electron chi connectivity index (χ2n) is 14.2. The van der Waals surface area contributed by atoms with Crippen LogP contribution in [0.4, 0.5) is 5.82 Å². The molecule has 278 valence electrons. The molecule has 52 heavy (non-hydrogen) atoms. The van der Waals surface area contributed by atoms with Gasteiger partial charge in [-0.2, -0.15) is 4.98 Å². The highest BCUT2D eigenvalue weighted by Crippen LogP contribution is 2.53. The Morgan fingerprint density at radius 1 is 1.06 bits per heavy atom. The van der Waals surface area contributed by atoms with E-state index in [0.29, 0.717) is 35.7 Å². The lowest BCUT2D eigenvalue weighted by molar-refractivity contribution is -0.136. The number of methoxy groups -OCH3 is 2. The summed E-state index contributed by atoms with van der Waals surface area (Å²) in [6.07, 6.45) is 2.17. The van der Waals surface area contributed by atoms with Crippen LogP contribution in [0.25, 0.3) is 10.8 Å². The minimum Gasteiger partial charge on any atom is -0.497 e. The number of hydrogen-bond acceptors (Lipinski definition) is 12. The fourth-order valence-electron chi connectivity index (χ4n) is 7.08. The van der Waals surface area contributed by atoms with Gasteiger partial charge in [0.1, 0.15) is 29.3 Å². The summed E-state index contributed by atoms with van der Waals surface area (Å²) in [6.45, 7) is 11.5. The van der Waals surface area contributed by atoms with Crippen LogP contribution < -0.4 is 29.6 Å². The Kier molecular flexibility index (Phi) is 10.2. The van der Waals surface area contributed by atoms with Crippen LogP contribution in [-0.2, 0) is 24.4 Å². The fraction of sp³-hybridized carbons (Fsp3) is 0.486. The predicted octanol–water partition coefficient (Wildman–Crippen LogP) is 3.42. The summed E-state index contributed by atoms with van der Waals surface area (Å²) >= 11 is 0. The van der Waals surface area contributed by atoms with Gasteiger partial charge in [-0.25, -0.2) is 13.4 Å². The van der Waals surface area contributed by atoms with Gasteiger partial charge in [-0.15, -0.1) is 6.58 Å². The second-order valence-corrected chi connectivity index (χ2v) is 16.2. The Labute approximate surface area is 303 Å². The van der Waals surface area contributed by atoms with Crippen LogP contribution in [0, 0.1) is 25.7 Å². The van der Waals surface area contributed by atoms with E-state index in [1.54, 1.807) is 30.2 Å². The minimum absolute atomic E-state index is 0.0579. The van der Waals surface area contributed by atoms with E-state index in [9.17, 15) is 22.8 Å². The lowest BCUT2D eigenvalue weighted by Crippen LogP contribution is -2.58. The number of hydrogen-bond donors (Lipinski definition) is 3. The van der Waals surface area contributed by atoms with Crippen LogP contribution in [0.3, 0.4) is 0 Å². The van der Waals surface area contributed by atoms with Crippen LogP contribution in [0.2, 0.25) is 0 Å². The molecule has 1 aromatic carbocycles. The molecule has 3 aliphatic rings. The highest BCUT2D eigenvalue weighted by molar-refractivity contribution is 7.91. The van der Waals surface area contributed by atoms with E-state index in [1.165, 1.54) is 7.11 Å². The molecule has 3 N–H and O–H groups in total. The highest BCUT2D eigenvalue weighted by Gasteiger charge is 2.67. The molecule has 3 fully saturated rings. The van der Waals surface area contributed by atoms with E-state index < -0.39 is 62.6 Å². The molecular formula is C37H46N6O8S. The van der Waals surface area contributed by atoms with Gasteiger partial charge in [-0.1, -0.05) is 19.9 Å². The number of nitrogens with one attached hydrogen (secondary N) is 3. The number of aromatic nitrogens is 2. The summed E-state index contributed by atoms with van der Waals surface area (Å²) < 4.78 is 45.5. The number of benzene rings is 1. The maximum atomic E-state index is 14.2. The van der Waals surface area contributed by atoms with Crippen molar-refractivity contribution in [3.8, 4) is 17.5 Å². The van der Waals surface area contributed by atoms with Crippen molar-refractivity contribution in [1.29, 1.82) is 0 Å². The standard InChI is InChI=1S/C37H46N6O8S/c1-8-24-18-37(24,36(46)42-52(47,48)27-10-11-27)43-19-26(51-35-28-12-9-25(49-6)15-23(28)16-31(40-35)50-7)17-29(43)33(44)41-34(45)32(20(2)3)39-30-14-21(4)13-22(5)38-30/h8-9,12-16,20,24,26-27,29,32H,1,10-11,17-19H2,2-7H3,(H,38,39)(H,42,46)(H,41,44,45)/t24-,26-,29+,32?,37-/m1/s1. The quantitative estimate of drug-likeness (QED) is 0.206. The van der Waals surface area contributed by atoms with Crippen molar-refractivity contribution in [2.45, 2.75) is 82.4 Å². The van der Waals surface area contributed by atoms with Crippen molar-refractivity contribution >= 4 is 44.3 Å². The number of likely N-dealkylation sites (tertiary alicyclic amines) is 1. The first-order chi connectivity index (χ1) is 24.7. The van der Waals surface area contributed by atoms with Crippen molar-refractivity contribution in [2.75, 3.05) is 26.1 Å². The third kappa shape index (κ3) is 7.42. The molecule has 0 radical (unpaired) electrons. The smallest absolute Gasteiger partial charge is 0.254 e. The highest BCUT2D eigenvalue weighted by atomic mass is 32.2. The van der Waals surface area contributed by atoms with Gasteiger partial charge in [-0.3, -0.25) is 29.3 Å². The molecule has 6 rings (SSSR count). The average molecular weight is 735 g/mol. The number of aryl methyl sites for hydroxylation is 2. The number of nitrogens with zero attached hydrogens (tertiary/aromatic N) is 3. The first kappa shape index (κ1) is 37.0. The van der Waals surface area contributed by atoms with Crippen molar-refractivity contribution in [3.63, 3.8) is 0 Å². The van der Waals surface area contributed by atoms with E-state index in [0.717, 1.165) is 16.6 Å². The Morgan fingerprint density at radius 3 is 2.42 bits per heavy atom. The molecule has 1 saturated heterocycles. The zero-order chi connectivity index (χ0) is 37.5. The van der Waals surface area contributed by atoms with Gasteiger partial charge in [0.05, 0.1) is 25.5 Å². The Balaban J connectivity index is 1.31. The summed E-state index contributed by atoms with van der Waals surface area (Å²) in [5.41, 5.74) is 0.343. The number of carbonyl (C=O) groups is 3. The molecule has 2 saturated carbocycles. The Bertz CT molecular complexity index is 1990. The molecule has 3 heterocycles. The summed E-state index contributed by atoms with van der Waals surface area (Å²) in [7, 11) is -0.844. The van der Waals surface area contributed by atoms with Gasteiger partial charge < -0.3 is 19.5 Å². The lowest BCUT2D eigenvalue weighted by atomic mass is 10.0. The van der Waals surface area contributed by atoms with Gasteiger partial charge in [-0.05, 0) is 80.3 Å². The second kappa shape index (κ2) is 14.3. The number of imide groups is 1. The first-order valence-electron chi connectivity index (χ1n) is 17.4. The third-order valence-corrected chi connectivity index (χ3v) is 11.8. The van der Waals surface area contributed by atoms with Crippen LogP contribution in [0.15, 0.2) is 49.1 Å². The number of carbonyl (C=O) groups excluding carboxylic acids is 3. The summed E-state index contributed by atoms with van der Waals surface area (Å²) in [5.74, 6) is -0.936. The number of anilines is 1. The summed E-state index contributed by atoms with van der Waals surface area (Å²) in [5, 5.41) is 6.55. The summed E-state index contributed by atoms with van der Waals surface area (Å²) in [4.78, 5) is 52.7. The zero-order valence-corrected chi connectivity index (χ0v) is 31.1. The molecule has 0 spiro atoms. The van der Waals surface area contributed by atoms with Gasteiger partial charge >= 0.3 is 0 Å². The molecule has 14 nitrogen and oxygen atoms in total. The lowest BCUT2D eigenvalue weighted by Gasteiger charge is -2.32. The molecule has 2 aliphatic carbocycles. The fourth-order valence-corrected chi connectivity index (χ4v) is 8.44. The van der Waals surface area contributed by atoms with Crippen LogP contribution in [0.5, 0.6) is 17.5 Å². The topological polar surface area (TPSA) is 178 Å². The van der Waals surface area contributed by atoms with Crippen molar-refractivity contribution in [2.24, 2.45) is 11.8 Å². The summed E-state index contributed by atoms with van der Waals surface area (Å²) in [6, 6.07) is 9.04. The van der Waals surface area contributed by atoms with E-state index in [2.05, 4.69) is 31.9 Å². The molecule has 3 aromatic rings. The molecule has 0 bridgehead atoms. The molecule has 2 aromatic heterocycles. The van der Waals surface area contributed by atoms with Crippen LogP contribution >= 0.6 is 0 Å². The number of sulfonamides is 1. The van der Waals surface area contributed by atoms with Crippen molar-refractivity contribution in [1.82, 2.24) is 24.9 Å². The van der Waals surface area contributed by atoms with Crippen molar-refractivity contribution in [3.05, 3.63) is 60.3 Å². The van der Waals surface area contributed by atoms with Crippen LogP contribution in [0.1, 0.15) is 50.8 Å². The van der Waals surface area contributed by atoms with Gasteiger partial charge in [0.25, 0.3) is 5.91 Å².